The summed E-state index contributed by atoms with van der Waals surface area (Å²) < 4.78 is 15.9. The van der Waals surface area contributed by atoms with Crippen LogP contribution in [0.1, 0.15) is 26.2 Å². The number of para-hydroxylation sites is 2. The van der Waals surface area contributed by atoms with Crippen LogP contribution >= 0.6 is 11.8 Å². The van der Waals surface area contributed by atoms with E-state index in [1.54, 1.807) is 73.3 Å². The molecule has 2 unspecified atom stereocenters. The highest BCUT2D eigenvalue weighted by Crippen LogP contribution is 2.18. The van der Waals surface area contributed by atoms with Crippen molar-refractivity contribution in [3.63, 3.8) is 0 Å². The summed E-state index contributed by atoms with van der Waals surface area (Å²) in [5, 5.41) is 2.52. The predicted molar refractivity (Wildman–Crippen MR) is 119 cm³/mol. The number of rotatable bonds is 11. The molecule has 1 amide bonds. The summed E-state index contributed by atoms with van der Waals surface area (Å²) in [5.74, 6) is -0.281. The van der Waals surface area contributed by atoms with E-state index in [9.17, 15) is 14.4 Å². The Bertz CT molecular complexity index is 830. The Balaban J connectivity index is 1.92. The van der Waals surface area contributed by atoms with Crippen molar-refractivity contribution in [2.45, 2.75) is 32.4 Å². The van der Waals surface area contributed by atoms with Gasteiger partial charge in [0.15, 0.2) is 6.23 Å². The van der Waals surface area contributed by atoms with E-state index in [0.29, 0.717) is 30.1 Å². The third-order valence-electron chi connectivity index (χ3n) is 4.25. The number of benzene rings is 2. The molecule has 0 aliphatic carbocycles. The number of amides is 1. The molecule has 0 fully saturated rings. The highest BCUT2D eigenvalue weighted by Gasteiger charge is 2.27. The second-order valence-electron chi connectivity index (χ2n) is 6.65. The molecular weight excluding hydrogens is 418 g/mol. The topological polar surface area (TPSA) is 90.9 Å². The lowest BCUT2D eigenvalue weighted by atomic mass is 10.0. The van der Waals surface area contributed by atoms with Crippen molar-refractivity contribution in [2.75, 3.05) is 12.0 Å². The van der Waals surface area contributed by atoms with E-state index in [2.05, 4.69) is 5.32 Å². The van der Waals surface area contributed by atoms with Crippen LogP contribution in [0.15, 0.2) is 60.7 Å². The van der Waals surface area contributed by atoms with Gasteiger partial charge in [0.1, 0.15) is 11.5 Å². The first-order valence-electron chi connectivity index (χ1n) is 10.00. The molecule has 0 aliphatic rings. The summed E-state index contributed by atoms with van der Waals surface area (Å²) in [7, 11) is 0. The maximum Gasteiger partial charge on any atom is 0.415 e. The van der Waals surface area contributed by atoms with Gasteiger partial charge in [0.2, 0.25) is 0 Å². The summed E-state index contributed by atoms with van der Waals surface area (Å²) in [6.07, 6.45) is 1.01. The number of carbonyl (C=O) groups is 3. The summed E-state index contributed by atoms with van der Waals surface area (Å²) in [5.41, 5.74) is 0. The second-order valence-corrected chi connectivity index (χ2v) is 7.64. The zero-order valence-corrected chi connectivity index (χ0v) is 18.4. The Morgan fingerprint density at radius 1 is 0.935 bits per heavy atom. The molecule has 7 nitrogen and oxygen atoms in total. The van der Waals surface area contributed by atoms with Crippen LogP contribution in [0.25, 0.3) is 0 Å². The monoisotopic (exact) mass is 445 g/mol. The van der Waals surface area contributed by atoms with E-state index in [1.807, 2.05) is 12.3 Å². The van der Waals surface area contributed by atoms with Crippen LogP contribution in [0.4, 0.5) is 4.79 Å². The van der Waals surface area contributed by atoms with Crippen molar-refractivity contribution in [3.05, 3.63) is 60.7 Å². The van der Waals surface area contributed by atoms with Crippen LogP contribution in [-0.4, -0.2) is 36.3 Å². The molecule has 8 heteroatoms. The zero-order valence-electron chi connectivity index (χ0n) is 17.6. The van der Waals surface area contributed by atoms with Crippen LogP contribution in [0, 0.1) is 5.92 Å². The lowest BCUT2D eigenvalue weighted by Crippen LogP contribution is -2.41. The summed E-state index contributed by atoms with van der Waals surface area (Å²) in [6.45, 7) is 1.77. The molecule has 0 heterocycles. The van der Waals surface area contributed by atoms with Crippen molar-refractivity contribution >= 4 is 29.8 Å². The first kappa shape index (κ1) is 24.3. The van der Waals surface area contributed by atoms with Gasteiger partial charge in [0.05, 0.1) is 12.3 Å². The maximum absolute atomic E-state index is 12.7. The molecule has 2 aromatic carbocycles. The second kappa shape index (κ2) is 13.3. The molecule has 0 aliphatic heterocycles. The van der Waals surface area contributed by atoms with E-state index in [4.69, 9.17) is 14.2 Å². The lowest BCUT2D eigenvalue weighted by Gasteiger charge is -2.21. The molecule has 0 saturated heterocycles. The molecular formula is C23H27NO6S. The number of carbonyl (C=O) groups excluding carboxylic acids is 3. The van der Waals surface area contributed by atoms with Gasteiger partial charge in [-0.2, -0.15) is 11.8 Å². The third kappa shape index (κ3) is 9.13. The molecule has 1 N–H and O–H groups in total. The van der Waals surface area contributed by atoms with Gasteiger partial charge in [-0.15, -0.1) is 0 Å². The van der Waals surface area contributed by atoms with E-state index in [-0.39, 0.29) is 6.42 Å². The molecule has 0 saturated carbocycles. The average molecular weight is 446 g/mol. The molecule has 0 bridgehead atoms. The smallest absolute Gasteiger partial charge is 0.415 e. The largest absolute Gasteiger partial charge is 0.441 e. The van der Waals surface area contributed by atoms with Gasteiger partial charge in [-0.25, -0.2) is 4.79 Å². The minimum absolute atomic E-state index is 0.112. The number of hydrogen-bond donors (Lipinski definition) is 1. The Labute approximate surface area is 186 Å². The molecule has 2 rings (SSSR count). The van der Waals surface area contributed by atoms with Gasteiger partial charge in [-0.3, -0.25) is 14.9 Å². The Kier molecular flexibility index (Phi) is 10.4. The number of thioether (sulfide) groups is 1. The lowest BCUT2D eigenvalue weighted by molar-refractivity contribution is -0.158. The summed E-state index contributed by atoms with van der Waals surface area (Å²) in [4.78, 5) is 37.1. The fourth-order valence-corrected chi connectivity index (χ4v) is 3.15. The van der Waals surface area contributed by atoms with Crippen molar-refractivity contribution in [3.8, 4) is 11.5 Å². The summed E-state index contributed by atoms with van der Waals surface area (Å²) in [6, 6.07) is 17.2. The SMILES string of the molecule is CCC(NC(=O)Oc1ccccc1)OC(=O)C(CCSC)CC(=O)Oc1ccccc1. The standard InChI is InChI=1S/C23H27NO6S/c1-3-20(24-23(27)29-19-12-8-5-9-13-19)30-22(26)17(14-15-31-2)16-21(25)28-18-10-6-4-7-11-18/h4-13,17,20H,3,14-16H2,1-2H3,(H,24,27). The van der Waals surface area contributed by atoms with Gasteiger partial charge < -0.3 is 14.2 Å². The molecule has 2 aromatic rings. The van der Waals surface area contributed by atoms with Crippen molar-refractivity contribution in [1.82, 2.24) is 5.32 Å². The van der Waals surface area contributed by atoms with Gasteiger partial charge >= 0.3 is 18.0 Å². The highest BCUT2D eigenvalue weighted by molar-refractivity contribution is 7.98. The summed E-state index contributed by atoms with van der Waals surface area (Å²) >= 11 is 1.57. The first-order chi connectivity index (χ1) is 15.0. The molecule has 0 radical (unpaired) electrons. The van der Waals surface area contributed by atoms with Crippen LogP contribution in [-0.2, 0) is 14.3 Å². The number of ether oxygens (including phenoxy) is 3. The molecule has 2 atom stereocenters. The first-order valence-corrected chi connectivity index (χ1v) is 11.4. The molecule has 0 spiro atoms. The quantitative estimate of drug-likeness (QED) is 0.311. The molecule has 31 heavy (non-hydrogen) atoms. The zero-order chi connectivity index (χ0) is 22.5. The molecule has 166 valence electrons. The van der Waals surface area contributed by atoms with Gasteiger partial charge in [-0.1, -0.05) is 43.3 Å². The van der Waals surface area contributed by atoms with E-state index in [0.717, 1.165) is 0 Å². The number of nitrogens with one attached hydrogen (secondary N) is 1. The van der Waals surface area contributed by atoms with Crippen LogP contribution in [0.2, 0.25) is 0 Å². The van der Waals surface area contributed by atoms with Crippen molar-refractivity contribution < 1.29 is 28.6 Å². The Morgan fingerprint density at radius 2 is 1.52 bits per heavy atom. The normalized spacial score (nSPS) is 12.3. The predicted octanol–water partition coefficient (Wildman–Crippen LogP) is 4.42. The van der Waals surface area contributed by atoms with Gasteiger partial charge in [0.25, 0.3) is 0 Å². The Morgan fingerprint density at radius 3 is 2.06 bits per heavy atom. The maximum atomic E-state index is 12.7. The van der Waals surface area contributed by atoms with Crippen molar-refractivity contribution in [1.29, 1.82) is 0 Å². The minimum Gasteiger partial charge on any atom is -0.441 e. The third-order valence-corrected chi connectivity index (χ3v) is 4.90. The fourth-order valence-electron chi connectivity index (χ4n) is 2.63. The Hall–Kier alpha value is -3.00. The van der Waals surface area contributed by atoms with Crippen molar-refractivity contribution in [2.24, 2.45) is 5.92 Å². The van der Waals surface area contributed by atoms with Crippen LogP contribution in [0.3, 0.4) is 0 Å². The fraction of sp³-hybridized carbons (Fsp3) is 0.348. The van der Waals surface area contributed by atoms with Crippen LogP contribution < -0.4 is 14.8 Å². The van der Waals surface area contributed by atoms with E-state index >= 15 is 0 Å². The highest BCUT2D eigenvalue weighted by atomic mass is 32.2. The van der Waals surface area contributed by atoms with Gasteiger partial charge in [0, 0.05) is 6.42 Å². The van der Waals surface area contributed by atoms with Crippen LogP contribution in [0.5, 0.6) is 11.5 Å². The average Bonchev–Trinajstić information content (AvgIpc) is 2.77. The minimum atomic E-state index is -0.870. The van der Waals surface area contributed by atoms with E-state index < -0.39 is 30.2 Å². The van der Waals surface area contributed by atoms with Gasteiger partial charge in [-0.05, 0) is 42.7 Å². The number of hydrogen-bond acceptors (Lipinski definition) is 7. The van der Waals surface area contributed by atoms with E-state index in [1.165, 1.54) is 0 Å². The molecule has 0 aromatic heterocycles. The number of esters is 2.